The van der Waals surface area contributed by atoms with Crippen molar-refractivity contribution in [1.29, 1.82) is 0 Å². The molecule has 1 aliphatic heterocycles. The molecule has 110 valence electrons. The maximum Gasteiger partial charge on any atom is 0.234 e. The van der Waals surface area contributed by atoms with E-state index in [4.69, 9.17) is 0 Å². The molecule has 0 aromatic carbocycles. The zero-order valence-electron chi connectivity index (χ0n) is 12.0. The fourth-order valence-corrected chi connectivity index (χ4v) is 3.85. The quantitative estimate of drug-likeness (QED) is 0.811. The molecule has 0 aromatic rings. The lowest BCUT2D eigenvalue weighted by Crippen LogP contribution is -2.45. The van der Waals surface area contributed by atoms with E-state index in [0.29, 0.717) is 12.6 Å². The summed E-state index contributed by atoms with van der Waals surface area (Å²) in [5, 5.41) is 7.34. The summed E-state index contributed by atoms with van der Waals surface area (Å²) in [6.45, 7) is 4.69. The number of nitrogens with one attached hydrogen (secondary N) is 2. The molecule has 2 aliphatic rings. The van der Waals surface area contributed by atoms with Gasteiger partial charge in [0.2, 0.25) is 5.91 Å². The van der Waals surface area contributed by atoms with E-state index in [-0.39, 0.29) is 5.91 Å². The Balaban J connectivity index is 1.70. The van der Waals surface area contributed by atoms with Gasteiger partial charge in [-0.1, -0.05) is 6.42 Å². The largest absolute Gasteiger partial charge is 0.352 e. The molecule has 2 rings (SSSR count). The minimum atomic E-state index is 0.216. The Labute approximate surface area is 121 Å². The molecule has 2 atom stereocenters. The fourth-order valence-electron chi connectivity index (χ4n) is 3.03. The second kappa shape index (κ2) is 8.12. The summed E-state index contributed by atoms with van der Waals surface area (Å²) in [5.41, 5.74) is 0. The van der Waals surface area contributed by atoms with Gasteiger partial charge in [-0.3, -0.25) is 9.69 Å². The molecule has 0 spiro atoms. The van der Waals surface area contributed by atoms with Crippen molar-refractivity contribution < 1.29 is 4.79 Å². The molecule has 19 heavy (non-hydrogen) atoms. The molecule has 2 unspecified atom stereocenters. The Morgan fingerprint density at radius 3 is 3.05 bits per heavy atom. The molecule has 0 bridgehead atoms. The van der Waals surface area contributed by atoms with Crippen molar-refractivity contribution >= 4 is 17.7 Å². The van der Waals surface area contributed by atoms with Gasteiger partial charge in [-0.25, -0.2) is 0 Å². The number of rotatable bonds is 4. The van der Waals surface area contributed by atoms with Crippen LogP contribution >= 0.6 is 11.8 Å². The average Bonchev–Trinajstić information content (AvgIpc) is 2.67. The molecule has 1 heterocycles. The molecule has 0 radical (unpaired) electrons. The zero-order valence-corrected chi connectivity index (χ0v) is 12.8. The van der Waals surface area contributed by atoms with Crippen molar-refractivity contribution in [2.45, 2.75) is 43.4 Å². The molecule has 2 fully saturated rings. The number of nitrogens with zero attached hydrogens (tertiary/aromatic N) is 1. The maximum absolute atomic E-state index is 12.1. The Morgan fingerprint density at radius 1 is 1.32 bits per heavy atom. The van der Waals surface area contributed by atoms with Crippen LogP contribution in [0.4, 0.5) is 0 Å². The summed E-state index contributed by atoms with van der Waals surface area (Å²) in [6, 6.07) is 0.406. The third-order valence-electron chi connectivity index (χ3n) is 4.12. The van der Waals surface area contributed by atoms with Crippen molar-refractivity contribution in [2.24, 2.45) is 0 Å². The third-order valence-corrected chi connectivity index (χ3v) is 5.22. The van der Waals surface area contributed by atoms with Gasteiger partial charge < -0.3 is 10.6 Å². The van der Waals surface area contributed by atoms with Crippen LogP contribution in [0.2, 0.25) is 0 Å². The molecular formula is C14H27N3OS. The Morgan fingerprint density at radius 2 is 2.21 bits per heavy atom. The molecule has 2 N–H and O–H groups in total. The second-order valence-electron chi connectivity index (χ2n) is 5.67. The van der Waals surface area contributed by atoms with Crippen molar-refractivity contribution in [3.05, 3.63) is 0 Å². The lowest BCUT2D eigenvalue weighted by atomic mass is 9.95. The lowest BCUT2D eigenvalue weighted by Gasteiger charge is -2.29. The fraction of sp³-hybridized carbons (Fsp3) is 0.929. The van der Waals surface area contributed by atoms with Gasteiger partial charge in [-0.2, -0.15) is 11.8 Å². The number of hydrogen-bond donors (Lipinski definition) is 2. The number of carbonyl (C=O) groups is 1. The first-order valence-electron chi connectivity index (χ1n) is 7.53. The highest BCUT2D eigenvalue weighted by atomic mass is 32.2. The first kappa shape index (κ1) is 15.1. The lowest BCUT2D eigenvalue weighted by molar-refractivity contribution is -0.123. The average molecular weight is 285 g/mol. The summed E-state index contributed by atoms with van der Waals surface area (Å²) < 4.78 is 0. The van der Waals surface area contributed by atoms with E-state index in [2.05, 4.69) is 21.8 Å². The van der Waals surface area contributed by atoms with Crippen LogP contribution in [-0.4, -0.2) is 61.1 Å². The normalized spacial score (nSPS) is 29.7. The first-order valence-corrected chi connectivity index (χ1v) is 8.82. The summed E-state index contributed by atoms with van der Waals surface area (Å²) in [6.07, 6.45) is 8.19. The molecule has 4 nitrogen and oxygen atoms in total. The zero-order chi connectivity index (χ0) is 13.5. The van der Waals surface area contributed by atoms with Crippen LogP contribution in [0.25, 0.3) is 0 Å². The molecule has 1 aliphatic carbocycles. The highest BCUT2D eigenvalue weighted by Crippen LogP contribution is 2.26. The van der Waals surface area contributed by atoms with Crippen molar-refractivity contribution in [3.63, 3.8) is 0 Å². The predicted molar refractivity (Wildman–Crippen MR) is 81.6 cm³/mol. The van der Waals surface area contributed by atoms with Crippen LogP contribution in [0.1, 0.15) is 32.1 Å². The summed E-state index contributed by atoms with van der Waals surface area (Å²) >= 11 is 1.95. The maximum atomic E-state index is 12.1. The third kappa shape index (κ3) is 5.32. The summed E-state index contributed by atoms with van der Waals surface area (Å²) in [7, 11) is 0. The van der Waals surface area contributed by atoms with Crippen LogP contribution in [0.3, 0.4) is 0 Å². The molecule has 5 heteroatoms. The minimum Gasteiger partial charge on any atom is -0.352 e. The Kier molecular flexibility index (Phi) is 6.47. The summed E-state index contributed by atoms with van der Waals surface area (Å²) in [5.74, 6) is 0.216. The van der Waals surface area contributed by atoms with Crippen LogP contribution < -0.4 is 10.6 Å². The van der Waals surface area contributed by atoms with Crippen molar-refractivity contribution in [3.8, 4) is 0 Å². The first-order chi connectivity index (χ1) is 9.28. The van der Waals surface area contributed by atoms with Crippen LogP contribution in [0.5, 0.6) is 0 Å². The van der Waals surface area contributed by atoms with Crippen LogP contribution in [-0.2, 0) is 4.79 Å². The van der Waals surface area contributed by atoms with Gasteiger partial charge in [-0.05, 0) is 45.0 Å². The van der Waals surface area contributed by atoms with Crippen molar-refractivity contribution in [2.75, 3.05) is 39.0 Å². The van der Waals surface area contributed by atoms with E-state index in [1.165, 1.54) is 12.8 Å². The highest BCUT2D eigenvalue weighted by molar-refractivity contribution is 7.99. The number of hydrogen-bond acceptors (Lipinski definition) is 4. The van der Waals surface area contributed by atoms with Crippen molar-refractivity contribution in [1.82, 2.24) is 15.5 Å². The van der Waals surface area contributed by atoms with Gasteiger partial charge in [0.1, 0.15) is 0 Å². The standard InChI is InChI=1S/C14H27N3OS/c1-19-13-5-2-4-12(10-13)16-14(18)11-17-8-3-6-15-7-9-17/h12-13,15H,2-11H2,1H3,(H,16,18). The van der Waals surface area contributed by atoms with Crippen LogP contribution in [0.15, 0.2) is 0 Å². The van der Waals surface area contributed by atoms with Gasteiger partial charge in [0, 0.05) is 24.4 Å². The minimum absolute atomic E-state index is 0.216. The van der Waals surface area contributed by atoms with Gasteiger partial charge in [0.05, 0.1) is 6.54 Å². The molecule has 1 amide bonds. The Bertz CT molecular complexity index is 280. The molecule has 1 saturated carbocycles. The van der Waals surface area contributed by atoms with Gasteiger partial charge in [0.15, 0.2) is 0 Å². The smallest absolute Gasteiger partial charge is 0.234 e. The highest BCUT2D eigenvalue weighted by Gasteiger charge is 2.23. The van der Waals surface area contributed by atoms with Gasteiger partial charge in [0.25, 0.3) is 0 Å². The van der Waals surface area contributed by atoms with Crippen LogP contribution in [0, 0.1) is 0 Å². The Hall–Kier alpha value is -0.260. The molecule has 0 aromatic heterocycles. The van der Waals surface area contributed by atoms with E-state index in [1.54, 1.807) is 0 Å². The van der Waals surface area contributed by atoms with E-state index < -0.39 is 0 Å². The predicted octanol–water partition coefficient (Wildman–Crippen LogP) is 1.07. The van der Waals surface area contributed by atoms with Gasteiger partial charge in [-0.15, -0.1) is 0 Å². The summed E-state index contributed by atoms with van der Waals surface area (Å²) in [4.78, 5) is 14.4. The van der Waals surface area contributed by atoms with E-state index in [0.717, 1.165) is 50.7 Å². The molecule has 1 saturated heterocycles. The van der Waals surface area contributed by atoms with E-state index >= 15 is 0 Å². The number of thioether (sulfide) groups is 1. The van der Waals surface area contributed by atoms with E-state index in [1.807, 2.05) is 11.8 Å². The second-order valence-corrected chi connectivity index (χ2v) is 6.81. The topological polar surface area (TPSA) is 44.4 Å². The number of carbonyl (C=O) groups excluding carboxylic acids is 1. The van der Waals surface area contributed by atoms with E-state index in [9.17, 15) is 4.79 Å². The molecular weight excluding hydrogens is 258 g/mol. The monoisotopic (exact) mass is 285 g/mol. The van der Waals surface area contributed by atoms with Gasteiger partial charge >= 0.3 is 0 Å². The SMILES string of the molecule is CSC1CCCC(NC(=O)CN2CCCNCC2)C1. The number of amides is 1.